The molecule has 0 saturated heterocycles. The molecule has 2 aliphatic heterocycles. The Morgan fingerprint density at radius 1 is 0.485 bits per heavy atom. The average Bonchev–Trinajstić information content (AvgIpc) is 1.60. The minimum Gasteiger partial charge on any atom is -0.494 e. The molecule has 2 aliphatic rings. The summed E-state index contributed by atoms with van der Waals surface area (Å²) in [5.41, 5.74) is 13.4. The second-order valence-electron chi connectivity index (χ2n) is 33.0. The van der Waals surface area contributed by atoms with Gasteiger partial charge >= 0.3 is 0 Å². The van der Waals surface area contributed by atoms with E-state index in [1.54, 1.807) is 58.1 Å². The van der Waals surface area contributed by atoms with E-state index in [0.717, 1.165) is 85.4 Å². The van der Waals surface area contributed by atoms with Gasteiger partial charge in [-0.05, 0) is 121 Å². The van der Waals surface area contributed by atoms with Crippen LogP contribution in [0.2, 0.25) is 0 Å². The minimum absolute atomic E-state index is 0.108. The van der Waals surface area contributed by atoms with E-state index in [-0.39, 0.29) is 42.0 Å². The number of benzene rings is 6. The van der Waals surface area contributed by atoms with Gasteiger partial charge in [-0.1, -0.05) is 72.6 Å². The number of aryl methyl sites for hydroxylation is 4. The number of likely N-dealkylation sites (N-methyl/N-ethyl adjacent to an activating group) is 6. The number of carbonyl (C=O) groups excluding carboxylic acids is 3. The van der Waals surface area contributed by atoms with E-state index in [2.05, 4.69) is 87.9 Å². The van der Waals surface area contributed by atoms with E-state index < -0.39 is 17.4 Å². The second-order valence-corrected chi connectivity index (χ2v) is 34.2. The second kappa shape index (κ2) is 37.5. The van der Waals surface area contributed by atoms with Gasteiger partial charge in [-0.3, -0.25) is 14.4 Å². The molecule has 2 unspecified atom stereocenters. The van der Waals surface area contributed by atoms with Crippen molar-refractivity contribution in [3.05, 3.63) is 199 Å². The summed E-state index contributed by atoms with van der Waals surface area (Å²) < 4.78 is 31.2. The first-order chi connectivity index (χ1) is 62.3. The number of anilines is 12. The van der Waals surface area contributed by atoms with Crippen molar-refractivity contribution in [1.29, 1.82) is 0 Å². The van der Waals surface area contributed by atoms with E-state index in [9.17, 15) is 14.4 Å². The average molecular weight is 1780 g/mol. The quantitative estimate of drug-likeness (QED) is 0.0179. The summed E-state index contributed by atoms with van der Waals surface area (Å²) in [6, 6.07) is 31.2. The van der Waals surface area contributed by atoms with E-state index in [4.69, 9.17) is 68.8 Å². The van der Waals surface area contributed by atoms with Crippen LogP contribution in [-0.4, -0.2) is 228 Å². The van der Waals surface area contributed by atoms with Crippen LogP contribution in [0.4, 0.5) is 69.0 Å². The zero-order valence-corrected chi connectivity index (χ0v) is 76.9. The fourth-order valence-electron chi connectivity index (χ4n) is 15.6. The van der Waals surface area contributed by atoms with Gasteiger partial charge in [0.2, 0.25) is 41.3 Å². The Balaban J connectivity index is 0.772. The summed E-state index contributed by atoms with van der Waals surface area (Å²) in [5, 5.41) is 45.3. The number of methoxy groups -OCH3 is 3. The molecule has 2 atom stereocenters. The number of amidine groups is 1. The Kier molecular flexibility index (Phi) is 25.9. The number of nitrogens with one attached hydrogen (secondary N) is 7. The van der Waals surface area contributed by atoms with Crippen molar-refractivity contribution >= 4 is 143 Å². The fraction of sp³-hybridized carbons (Fsp3) is 0.287. The van der Waals surface area contributed by atoms with Crippen LogP contribution in [0, 0.1) is 6.92 Å². The SMILES string of the molecule is C=CC(=O)Nc1cc(Nc2ncc(C3=NOC(C)(c4ccc5c(c4)c(-c4nc(Nc6cc(NC(=O)C=C)c(N(C)CCN(C)C)cc6OC)ncc4C4=NOC(C)(Cc6ccc7c(-c8nc(Nc9cc(NC(=O)C=C)c(N(C)CCN(C)C)cc9OC)ncc8-c8nnc(C)s8)cn(C)c7c6)O4)cn5C)N3)c(-c3cn(C)c4ccccc34)n2)c(OC)cc1N(C)CCN(C)C. The van der Waals surface area contributed by atoms with Crippen LogP contribution >= 0.6 is 11.3 Å². The molecule has 0 spiro atoms. The number of ether oxygens (including phenoxy) is 4. The molecular weight excluding hydrogens is 1670 g/mol. The molecular formula is C94H106N26O9S. The largest absolute Gasteiger partial charge is 0.494 e. The van der Waals surface area contributed by atoms with Gasteiger partial charge in [-0.15, -0.1) is 10.2 Å². The summed E-state index contributed by atoms with van der Waals surface area (Å²) in [7, 11) is 28.5. The summed E-state index contributed by atoms with van der Waals surface area (Å²) >= 11 is 1.43. The highest BCUT2D eigenvalue weighted by Gasteiger charge is 2.41. The Labute approximate surface area is 757 Å². The summed E-state index contributed by atoms with van der Waals surface area (Å²) in [6.45, 7) is 21.0. The lowest BCUT2D eigenvalue weighted by Crippen LogP contribution is -2.39. The molecule has 7 aromatic heterocycles. The van der Waals surface area contributed by atoms with Gasteiger partial charge in [-0.25, -0.2) is 29.9 Å². The van der Waals surface area contributed by atoms with Gasteiger partial charge < -0.3 is 109 Å². The molecule has 13 aromatic rings. The van der Waals surface area contributed by atoms with E-state index in [1.165, 1.54) is 29.6 Å². The number of hydrogen-bond donors (Lipinski definition) is 7. The number of rotatable bonds is 36. The zero-order chi connectivity index (χ0) is 92.3. The third kappa shape index (κ3) is 18.9. The number of fused-ring (bicyclic) bond motifs is 3. The molecule has 36 heteroatoms. The van der Waals surface area contributed by atoms with Gasteiger partial charge in [-0.2, -0.15) is 0 Å². The smallest absolute Gasteiger partial charge is 0.278 e. The van der Waals surface area contributed by atoms with Crippen molar-refractivity contribution in [3.8, 4) is 61.6 Å². The molecule has 0 radical (unpaired) electrons. The molecule has 0 bridgehead atoms. The fourth-order valence-corrected chi connectivity index (χ4v) is 16.3. The predicted octanol–water partition coefficient (Wildman–Crippen LogP) is 13.8. The van der Waals surface area contributed by atoms with Crippen LogP contribution in [0.5, 0.6) is 17.2 Å². The molecule has 0 saturated carbocycles. The highest BCUT2D eigenvalue weighted by atomic mass is 32.1. The first-order valence-corrected chi connectivity index (χ1v) is 42.7. The zero-order valence-electron chi connectivity index (χ0n) is 76.1. The standard InChI is InChI=1S/C94H106N26O9S/c1-22-81(121)98-66-41-69(78(124-19)44-75(66)115(13)36-33-112(7)8)101-90-95-48-60(84(104-90)63-51-118(16)72-28-26-25-27-57(63)72)87-107-94(6,129-110-87)56-30-32-73-59(40-56)65(53-119(73)17)85-61(49-96-91(105-85)102-70-42-67(99-82(122)23-2)76(45-79(70)125-20)116(14)37-34-113(9)10)88-111-128-93(5,127-88)47-55-29-31-58-64(52-120(18)74(58)39-55)86-62(89-109-108-54(4)130-89)50-97-92(106-86)103-71-43-68(100-83(123)24-3)77(46-80(71)126-21)117(15)38-35-114(11)12/h22-32,39-46,48-53H,1-3,33-38,47H2,4-21H3,(H,98,121)(H,99,122)(H,100,123)(H,107,110)(H,95,101,104)(H,96,102,105)(H,97,103,106). The van der Waals surface area contributed by atoms with Crippen LogP contribution in [-0.2, 0) is 62.1 Å². The third-order valence-corrected chi connectivity index (χ3v) is 23.5. The van der Waals surface area contributed by atoms with Crippen LogP contribution in [0.25, 0.3) is 77.1 Å². The molecule has 35 nitrogen and oxygen atoms in total. The molecule has 9 heterocycles. The summed E-state index contributed by atoms with van der Waals surface area (Å²) in [5.74, 6) is -0.0407. The van der Waals surface area contributed by atoms with Gasteiger partial charge in [0.05, 0.1) is 113 Å². The number of aromatic nitrogens is 11. The molecule has 3 amide bonds. The van der Waals surface area contributed by atoms with Crippen LogP contribution in [0.3, 0.4) is 0 Å². The van der Waals surface area contributed by atoms with E-state index in [1.807, 2.05) is 225 Å². The van der Waals surface area contributed by atoms with Crippen molar-refractivity contribution in [1.82, 2.24) is 73.8 Å². The molecule has 6 aromatic carbocycles. The van der Waals surface area contributed by atoms with Crippen molar-refractivity contribution in [2.24, 2.45) is 31.5 Å². The number of nitrogens with zero attached hydrogens (tertiary/aromatic N) is 19. The molecule has 672 valence electrons. The highest BCUT2D eigenvalue weighted by Crippen LogP contribution is 2.47. The number of para-hydroxylation sites is 1. The Hall–Kier alpha value is -15.0. The van der Waals surface area contributed by atoms with Crippen LogP contribution < -0.4 is 66.1 Å². The van der Waals surface area contributed by atoms with E-state index >= 15 is 0 Å². The topological polar surface area (TPSA) is 353 Å². The lowest BCUT2D eigenvalue weighted by molar-refractivity contribution is -0.143. The van der Waals surface area contributed by atoms with Crippen LogP contribution in [0.1, 0.15) is 41.1 Å². The number of hydrogen-bond acceptors (Lipinski definition) is 30. The third-order valence-electron chi connectivity index (χ3n) is 22.6. The maximum Gasteiger partial charge on any atom is 0.278 e. The van der Waals surface area contributed by atoms with Crippen molar-refractivity contribution in [3.63, 3.8) is 0 Å². The van der Waals surface area contributed by atoms with Crippen molar-refractivity contribution < 1.29 is 43.0 Å². The van der Waals surface area contributed by atoms with Crippen molar-refractivity contribution in [2.75, 3.05) is 171 Å². The lowest BCUT2D eigenvalue weighted by atomic mass is 9.98. The first kappa shape index (κ1) is 89.8. The lowest BCUT2D eigenvalue weighted by Gasteiger charge is -2.26. The van der Waals surface area contributed by atoms with Gasteiger partial charge in [0.25, 0.3) is 11.7 Å². The normalized spacial score (nSPS) is 14.6. The van der Waals surface area contributed by atoms with Crippen molar-refractivity contribution in [2.45, 2.75) is 38.7 Å². The number of amides is 3. The highest BCUT2D eigenvalue weighted by molar-refractivity contribution is 7.14. The maximum absolute atomic E-state index is 13.2. The van der Waals surface area contributed by atoms with Crippen LogP contribution in [0.15, 0.2) is 183 Å². The summed E-state index contributed by atoms with van der Waals surface area (Å²) in [4.78, 5) is 95.3. The molecule has 0 fully saturated rings. The number of carbonyl (C=O) groups is 3. The minimum atomic E-state index is -1.38. The number of oxime groups is 2. The monoisotopic (exact) mass is 1770 g/mol. The summed E-state index contributed by atoms with van der Waals surface area (Å²) in [6.07, 6.45) is 15.0. The van der Waals surface area contributed by atoms with Gasteiger partial charge in [0, 0.05) is 206 Å². The Bertz CT molecular complexity index is 6650. The van der Waals surface area contributed by atoms with E-state index in [0.29, 0.717) is 132 Å². The molecule has 7 N–H and O–H groups in total. The van der Waals surface area contributed by atoms with Gasteiger partial charge in [0.15, 0.2) is 10.8 Å². The Morgan fingerprint density at radius 3 is 1.39 bits per heavy atom. The molecule has 15 rings (SSSR count). The predicted molar refractivity (Wildman–Crippen MR) is 515 cm³/mol. The molecule has 0 aliphatic carbocycles. The first-order valence-electron chi connectivity index (χ1n) is 41.8. The molecule has 130 heavy (non-hydrogen) atoms. The van der Waals surface area contributed by atoms with Gasteiger partial charge in [0.1, 0.15) is 22.3 Å². The Morgan fingerprint density at radius 2 is 0.923 bits per heavy atom. The maximum atomic E-state index is 13.2.